The third-order valence-corrected chi connectivity index (χ3v) is 3.02. The normalized spacial score (nSPS) is 10.3. The van der Waals surface area contributed by atoms with E-state index in [4.69, 9.17) is 21.3 Å². The molecule has 0 bridgehead atoms. The number of hydrogen-bond donors (Lipinski definition) is 5. The fraction of sp³-hybridized carbons (Fsp3) is 0.200. The van der Waals surface area contributed by atoms with Crippen molar-refractivity contribution in [2.45, 2.75) is 6.54 Å². The fourth-order valence-corrected chi connectivity index (χ4v) is 1.90. The lowest BCUT2D eigenvalue weighted by atomic mass is 10.1. The molecule has 0 aromatic heterocycles. The number of nitrogens with one attached hydrogen (secondary N) is 1. The van der Waals surface area contributed by atoms with Crippen LogP contribution >= 0.6 is 0 Å². The number of phenols is 1. The van der Waals surface area contributed by atoms with E-state index in [0.29, 0.717) is 29.2 Å². The van der Waals surface area contributed by atoms with Gasteiger partial charge in [0.15, 0.2) is 0 Å². The van der Waals surface area contributed by atoms with Crippen molar-refractivity contribution < 1.29 is 14.9 Å². The maximum Gasteiger partial charge on any atom is 0.144 e. The third-order valence-electron chi connectivity index (χ3n) is 3.02. The Labute approximate surface area is 123 Å². The number of aromatic hydroxyl groups is 1. The van der Waals surface area contributed by atoms with Gasteiger partial charge in [-0.3, -0.25) is 0 Å². The fourth-order valence-electron chi connectivity index (χ4n) is 1.90. The van der Waals surface area contributed by atoms with Gasteiger partial charge in [-0.25, -0.2) is 0 Å². The number of hydrogen-bond acceptors (Lipinski definition) is 6. The van der Waals surface area contributed by atoms with Gasteiger partial charge in [0.05, 0.1) is 12.3 Å². The second-order valence-corrected chi connectivity index (χ2v) is 4.52. The quantitative estimate of drug-likeness (QED) is 0.515. The molecule has 0 radical (unpaired) electrons. The SMILES string of the molecule is Nc1ccc(NCc2c(N)cccc2O)cc1OCCO. The van der Waals surface area contributed by atoms with Crippen LogP contribution in [-0.2, 0) is 6.54 Å². The first kappa shape index (κ1) is 14.8. The molecule has 112 valence electrons. The van der Waals surface area contributed by atoms with Gasteiger partial charge < -0.3 is 31.7 Å². The summed E-state index contributed by atoms with van der Waals surface area (Å²) in [5.74, 6) is 0.647. The van der Waals surface area contributed by atoms with Crippen molar-refractivity contribution in [2.24, 2.45) is 0 Å². The number of anilines is 3. The highest BCUT2D eigenvalue weighted by Crippen LogP contribution is 2.28. The Morgan fingerprint density at radius 3 is 2.62 bits per heavy atom. The maximum absolute atomic E-state index is 9.79. The minimum Gasteiger partial charge on any atom is -0.508 e. The summed E-state index contributed by atoms with van der Waals surface area (Å²) in [5.41, 5.74) is 14.1. The summed E-state index contributed by atoms with van der Waals surface area (Å²) in [6.07, 6.45) is 0. The summed E-state index contributed by atoms with van der Waals surface area (Å²) >= 11 is 0. The number of nitrogens with two attached hydrogens (primary N) is 2. The summed E-state index contributed by atoms with van der Waals surface area (Å²) in [6, 6.07) is 10.3. The van der Waals surface area contributed by atoms with Gasteiger partial charge in [-0.2, -0.15) is 0 Å². The summed E-state index contributed by atoms with van der Waals surface area (Å²) < 4.78 is 5.34. The Bertz CT molecular complexity index is 597. The molecule has 0 aliphatic rings. The average molecular weight is 289 g/mol. The van der Waals surface area contributed by atoms with Gasteiger partial charge in [0, 0.05) is 29.5 Å². The molecule has 2 aromatic rings. The molecule has 6 nitrogen and oxygen atoms in total. The van der Waals surface area contributed by atoms with Crippen LogP contribution in [0.2, 0.25) is 0 Å². The average Bonchev–Trinajstić information content (AvgIpc) is 2.47. The van der Waals surface area contributed by atoms with Crippen molar-refractivity contribution in [1.82, 2.24) is 0 Å². The second kappa shape index (κ2) is 6.71. The van der Waals surface area contributed by atoms with Gasteiger partial charge in [0.1, 0.15) is 18.1 Å². The first-order chi connectivity index (χ1) is 10.1. The van der Waals surface area contributed by atoms with Crippen LogP contribution in [0.15, 0.2) is 36.4 Å². The molecule has 7 N–H and O–H groups in total. The van der Waals surface area contributed by atoms with Crippen LogP contribution in [0.5, 0.6) is 11.5 Å². The molecule has 0 spiro atoms. The Balaban J connectivity index is 2.09. The summed E-state index contributed by atoms with van der Waals surface area (Å²) in [6.45, 7) is 0.480. The van der Waals surface area contributed by atoms with E-state index in [2.05, 4.69) is 5.32 Å². The van der Waals surface area contributed by atoms with Crippen LogP contribution in [0.1, 0.15) is 5.56 Å². The highest BCUT2D eigenvalue weighted by atomic mass is 16.5. The lowest BCUT2D eigenvalue weighted by Gasteiger charge is -2.13. The number of nitrogen functional groups attached to an aromatic ring is 2. The van der Waals surface area contributed by atoms with Crippen LogP contribution < -0.4 is 21.5 Å². The molecule has 0 unspecified atom stereocenters. The van der Waals surface area contributed by atoms with E-state index < -0.39 is 0 Å². The molecular formula is C15H19N3O3. The summed E-state index contributed by atoms with van der Waals surface area (Å²) in [5, 5.41) is 21.7. The molecule has 0 fully saturated rings. The van der Waals surface area contributed by atoms with Crippen molar-refractivity contribution in [3.63, 3.8) is 0 Å². The van der Waals surface area contributed by atoms with Crippen molar-refractivity contribution in [3.8, 4) is 11.5 Å². The topological polar surface area (TPSA) is 114 Å². The number of aliphatic hydroxyl groups is 1. The van der Waals surface area contributed by atoms with Crippen molar-refractivity contribution in [1.29, 1.82) is 0 Å². The molecule has 21 heavy (non-hydrogen) atoms. The molecule has 0 amide bonds. The smallest absolute Gasteiger partial charge is 0.144 e. The largest absolute Gasteiger partial charge is 0.508 e. The van der Waals surface area contributed by atoms with E-state index in [1.807, 2.05) is 0 Å². The Kier molecular flexibility index (Phi) is 4.73. The van der Waals surface area contributed by atoms with Crippen LogP contribution in [0.3, 0.4) is 0 Å². The maximum atomic E-state index is 9.79. The zero-order valence-corrected chi connectivity index (χ0v) is 11.5. The molecule has 0 heterocycles. The van der Waals surface area contributed by atoms with Crippen molar-refractivity contribution in [3.05, 3.63) is 42.0 Å². The van der Waals surface area contributed by atoms with Gasteiger partial charge in [-0.15, -0.1) is 0 Å². The van der Waals surface area contributed by atoms with Gasteiger partial charge >= 0.3 is 0 Å². The Morgan fingerprint density at radius 2 is 1.90 bits per heavy atom. The first-order valence-electron chi connectivity index (χ1n) is 6.55. The molecular weight excluding hydrogens is 270 g/mol. The van der Waals surface area contributed by atoms with Gasteiger partial charge in [-0.05, 0) is 24.3 Å². The lowest BCUT2D eigenvalue weighted by Crippen LogP contribution is -2.06. The molecule has 0 aliphatic carbocycles. The van der Waals surface area contributed by atoms with Crippen LogP contribution in [0.25, 0.3) is 0 Å². The lowest BCUT2D eigenvalue weighted by molar-refractivity contribution is 0.202. The Morgan fingerprint density at radius 1 is 1.10 bits per heavy atom. The second-order valence-electron chi connectivity index (χ2n) is 4.52. The molecule has 0 saturated heterocycles. The zero-order valence-electron chi connectivity index (χ0n) is 11.5. The number of benzene rings is 2. The van der Waals surface area contributed by atoms with E-state index >= 15 is 0 Å². The standard InChI is InChI=1S/C15H19N3O3/c16-12-2-1-3-14(20)11(12)9-18-10-4-5-13(17)15(8-10)21-7-6-19/h1-5,8,18-20H,6-7,9,16-17H2. The summed E-state index contributed by atoms with van der Waals surface area (Å²) in [7, 11) is 0. The minimum absolute atomic E-state index is 0.0779. The summed E-state index contributed by atoms with van der Waals surface area (Å²) in [4.78, 5) is 0. The van der Waals surface area contributed by atoms with E-state index in [9.17, 15) is 5.11 Å². The van der Waals surface area contributed by atoms with Crippen molar-refractivity contribution >= 4 is 17.1 Å². The van der Waals surface area contributed by atoms with Crippen LogP contribution in [0.4, 0.5) is 17.1 Å². The number of ether oxygens (including phenoxy) is 1. The highest BCUT2D eigenvalue weighted by Gasteiger charge is 2.06. The van der Waals surface area contributed by atoms with E-state index in [1.165, 1.54) is 0 Å². The van der Waals surface area contributed by atoms with E-state index in [-0.39, 0.29) is 19.0 Å². The predicted octanol–water partition coefficient (Wildman–Crippen LogP) is 1.54. The number of rotatable bonds is 6. The molecule has 0 aliphatic heterocycles. The first-order valence-corrected chi connectivity index (χ1v) is 6.55. The third kappa shape index (κ3) is 3.70. The monoisotopic (exact) mass is 289 g/mol. The molecule has 2 aromatic carbocycles. The van der Waals surface area contributed by atoms with Gasteiger partial charge in [0.25, 0.3) is 0 Å². The molecule has 2 rings (SSSR count). The van der Waals surface area contributed by atoms with Crippen LogP contribution in [0, 0.1) is 0 Å². The predicted molar refractivity (Wildman–Crippen MR) is 83.3 cm³/mol. The number of aliphatic hydroxyl groups excluding tert-OH is 1. The van der Waals surface area contributed by atoms with Gasteiger partial charge in [0.2, 0.25) is 0 Å². The molecule has 6 heteroatoms. The minimum atomic E-state index is -0.0779. The molecule has 0 atom stereocenters. The van der Waals surface area contributed by atoms with Crippen LogP contribution in [-0.4, -0.2) is 23.4 Å². The van der Waals surface area contributed by atoms with Crippen molar-refractivity contribution in [2.75, 3.05) is 30.0 Å². The van der Waals surface area contributed by atoms with E-state index in [1.54, 1.807) is 36.4 Å². The zero-order chi connectivity index (χ0) is 15.2. The van der Waals surface area contributed by atoms with Gasteiger partial charge in [-0.1, -0.05) is 6.07 Å². The van der Waals surface area contributed by atoms with E-state index in [0.717, 1.165) is 5.69 Å². The number of phenolic OH excluding ortho intramolecular Hbond substituents is 1. The Hall–Kier alpha value is -2.60. The molecule has 0 saturated carbocycles. The highest BCUT2D eigenvalue weighted by molar-refractivity contribution is 5.62.